The largest absolute Gasteiger partial charge is 0.135 e. The summed E-state index contributed by atoms with van der Waals surface area (Å²) in [6.07, 6.45) is 16.5. The van der Waals surface area contributed by atoms with Crippen molar-refractivity contribution in [2.24, 2.45) is 0 Å². The van der Waals surface area contributed by atoms with Gasteiger partial charge in [-0.15, -0.1) is 11.3 Å². The second-order valence-corrected chi connectivity index (χ2v) is 13.5. The summed E-state index contributed by atoms with van der Waals surface area (Å²) in [6, 6.07) is 53.2. The molecule has 0 N–H and O–H groups in total. The van der Waals surface area contributed by atoms with Gasteiger partial charge >= 0.3 is 0 Å². The Morgan fingerprint density at radius 1 is 0.604 bits per heavy atom. The lowest BCUT2D eigenvalue weighted by atomic mass is 9.91. The average Bonchev–Trinajstić information content (AvgIpc) is 3.81. The van der Waals surface area contributed by atoms with Crippen LogP contribution in [0.15, 0.2) is 182 Å². The molecule has 0 saturated heterocycles. The number of thiophene rings is 1. The SMILES string of the molecule is C1=CCC(C/C=C(\c2ccccc2)c2ccc(-c3cc(-c4cccc(/C=C/Cc5ccccc5)c4)cc4sc5ccccc5c34)cc2)=C1. The molecule has 48 heavy (non-hydrogen) atoms. The van der Waals surface area contributed by atoms with Crippen LogP contribution in [0.5, 0.6) is 0 Å². The first-order valence-electron chi connectivity index (χ1n) is 16.8. The normalized spacial score (nSPS) is 13.2. The van der Waals surface area contributed by atoms with Crippen LogP contribution in [0.1, 0.15) is 35.1 Å². The molecule has 6 aromatic carbocycles. The number of hydrogen-bond acceptors (Lipinski definition) is 1. The van der Waals surface area contributed by atoms with Crippen LogP contribution in [0.3, 0.4) is 0 Å². The molecular formula is C47H36S. The molecule has 8 rings (SSSR count). The van der Waals surface area contributed by atoms with Crippen LogP contribution in [0.2, 0.25) is 0 Å². The van der Waals surface area contributed by atoms with Gasteiger partial charge in [-0.3, -0.25) is 0 Å². The maximum atomic E-state index is 2.40. The molecule has 1 heterocycles. The molecule has 0 spiro atoms. The standard InChI is InChI=1S/C47H36S/c1-3-13-34(14-4-1)17-11-18-36-19-12-22-40(31-36)41-32-44(47-43-23-9-10-24-45(43)48-46(47)33-41)39-28-26-38(27-29-39)42(37-20-5-2-6-21-37)30-25-35-15-7-8-16-35/h1-15,18-24,26-33H,16-17,25H2/b18-11+,42-30+. The van der Waals surface area contributed by atoms with Crippen molar-refractivity contribution in [3.63, 3.8) is 0 Å². The molecule has 7 aromatic rings. The average molecular weight is 633 g/mol. The quantitative estimate of drug-likeness (QED) is 0.149. The van der Waals surface area contributed by atoms with E-state index in [4.69, 9.17) is 0 Å². The van der Waals surface area contributed by atoms with Crippen LogP contribution >= 0.6 is 11.3 Å². The van der Waals surface area contributed by atoms with Crippen LogP contribution in [-0.4, -0.2) is 0 Å². The molecule has 1 aliphatic rings. The lowest BCUT2D eigenvalue weighted by Gasteiger charge is -2.13. The van der Waals surface area contributed by atoms with E-state index >= 15 is 0 Å². The second-order valence-electron chi connectivity index (χ2n) is 12.4. The summed E-state index contributed by atoms with van der Waals surface area (Å²) in [4.78, 5) is 0. The summed E-state index contributed by atoms with van der Waals surface area (Å²) in [7, 11) is 0. The highest BCUT2D eigenvalue weighted by atomic mass is 32.1. The van der Waals surface area contributed by atoms with Gasteiger partial charge in [-0.25, -0.2) is 0 Å². The monoisotopic (exact) mass is 632 g/mol. The third kappa shape index (κ3) is 6.38. The van der Waals surface area contributed by atoms with Crippen molar-refractivity contribution in [1.82, 2.24) is 0 Å². The fourth-order valence-electron chi connectivity index (χ4n) is 6.74. The number of allylic oxidation sites excluding steroid dienone is 6. The topological polar surface area (TPSA) is 0 Å². The van der Waals surface area contributed by atoms with E-state index in [0.29, 0.717) is 0 Å². The highest BCUT2D eigenvalue weighted by Gasteiger charge is 2.15. The summed E-state index contributed by atoms with van der Waals surface area (Å²) in [5, 5.41) is 2.66. The fourth-order valence-corrected chi connectivity index (χ4v) is 7.91. The Morgan fingerprint density at radius 3 is 2.19 bits per heavy atom. The van der Waals surface area contributed by atoms with E-state index in [1.54, 1.807) is 0 Å². The molecule has 0 amide bonds. The zero-order chi connectivity index (χ0) is 32.1. The van der Waals surface area contributed by atoms with Crippen molar-refractivity contribution in [3.05, 3.63) is 204 Å². The molecule has 0 bridgehead atoms. The number of fused-ring (bicyclic) bond motifs is 3. The Hall–Kier alpha value is -5.50. The minimum Gasteiger partial charge on any atom is -0.135 e. The Balaban J connectivity index is 1.18. The van der Waals surface area contributed by atoms with Gasteiger partial charge in [0.05, 0.1) is 0 Å². The molecule has 0 fully saturated rings. The summed E-state index contributed by atoms with van der Waals surface area (Å²) in [5.74, 6) is 0. The van der Waals surface area contributed by atoms with Crippen LogP contribution in [0, 0.1) is 0 Å². The third-order valence-electron chi connectivity index (χ3n) is 9.21. The molecule has 0 aliphatic heterocycles. The van der Waals surface area contributed by atoms with E-state index in [0.717, 1.165) is 19.3 Å². The molecule has 0 unspecified atom stereocenters. The molecule has 230 valence electrons. The van der Waals surface area contributed by atoms with E-state index in [1.165, 1.54) is 75.8 Å². The predicted molar refractivity (Wildman–Crippen MR) is 209 cm³/mol. The molecular weight excluding hydrogens is 597 g/mol. The van der Waals surface area contributed by atoms with Crippen molar-refractivity contribution in [2.45, 2.75) is 19.3 Å². The molecule has 0 nitrogen and oxygen atoms in total. The van der Waals surface area contributed by atoms with Crippen LogP contribution < -0.4 is 0 Å². The van der Waals surface area contributed by atoms with E-state index in [2.05, 4.69) is 182 Å². The van der Waals surface area contributed by atoms with Gasteiger partial charge in [0.15, 0.2) is 0 Å². The first kappa shape index (κ1) is 29.9. The van der Waals surface area contributed by atoms with Gasteiger partial charge in [-0.2, -0.15) is 0 Å². The molecule has 1 aromatic heterocycles. The first-order chi connectivity index (χ1) is 23.8. The van der Waals surface area contributed by atoms with E-state index in [9.17, 15) is 0 Å². The van der Waals surface area contributed by atoms with E-state index in [-0.39, 0.29) is 0 Å². The lowest BCUT2D eigenvalue weighted by Crippen LogP contribution is -1.90. The highest BCUT2D eigenvalue weighted by Crippen LogP contribution is 2.43. The Labute approximate surface area is 287 Å². The molecule has 0 saturated carbocycles. The van der Waals surface area contributed by atoms with Crippen molar-refractivity contribution < 1.29 is 0 Å². The van der Waals surface area contributed by atoms with Crippen LogP contribution in [0.25, 0.3) is 54.1 Å². The Bertz CT molecular complexity index is 2330. The summed E-state index contributed by atoms with van der Waals surface area (Å²) < 4.78 is 2.64. The number of hydrogen-bond donors (Lipinski definition) is 0. The Kier molecular flexibility index (Phi) is 8.52. The fraction of sp³-hybridized carbons (Fsp3) is 0.0638. The van der Waals surface area contributed by atoms with Gasteiger partial charge in [-0.1, -0.05) is 163 Å². The van der Waals surface area contributed by atoms with Gasteiger partial charge in [-0.05, 0) is 93.6 Å². The minimum atomic E-state index is 0.926. The van der Waals surface area contributed by atoms with E-state index in [1.807, 2.05) is 11.3 Å². The van der Waals surface area contributed by atoms with Crippen LogP contribution in [-0.2, 0) is 6.42 Å². The maximum absolute atomic E-state index is 2.40. The lowest BCUT2D eigenvalue weighted by molar-refractivity contribution is 1.14. The summed E-state index contributed by atoms with van der Waals surface area (Å²) in [6.45, 7) is 0. The van der Waals surface area contributed by atoms with Crippen molar-refractivity contribution >= 4 is 43.2 Å². The molecule has 0 atom stereocenters. The molecule has 1 aliphatic carbocycles. The van der Waals surface area contributed by atoms with Gasteiger partial charge in [0.1, 0.15) is 0 Å². The molecule has 1 heteroatoms. The van der Waals surface area contributed by atoms with E-state index < -0.39 is 0 Å². The van der Waals surface area contributed by atoms with Gasteiger partial charge < -0.3 is 0 Å². The van der Waals surface area contributed by atoms with Gasteiger partial charge in [0.2, 0.25) is 0 Å². The number of benzene rings is 6. The third-order valence-corrected chi connectivity index (χ3v) is 10.3. The Morgan fingerprint density at radius 2 is 1.38 bits per heavy atom. The van der Waals surface area contributed by atoms with Crippen molar-refractivity contribution in [1.29, 1.82) is 0 Å². The maximum Gasteiger partial charge on any atom is 0.0367 e. The van der Waals surface area contributed by atoms with Crippen molar-refractivity contribution in [2.75, 3.05) is 0 Å². The van der Waals surface area contributed by atoms with Gasteiger partial charge in [0, 0.05) is 20.2 Å². The van der Waals surface area contributed by atoms with Gasteiger partial charge in [0.25, 0.3) is 0 Å². The zero-order valence-corrected chi connectivity index (χ0v) is 27.7. The second kappa shape index (κ2) is 13.7. The summed E-state index contributed by atoms with van der Waals surface area (Å²) >= 11 is 1.89. The highest BCUT2D eigenvalue weighted by molar-refractivity contribution is 7.26. The number of rotatable bonds is 9. The zero-order valence-electron chi connectivity index (χ0n) is 26.9. The predicted octanol–water partition coefficient (Wildman–Crippen LogP) is 13.4. The minimum absolute atomic E-state index is 0.926. The van der Waals surface area contributed by atoms with Crippen LogP contribution in [0.4, 0.5) is 0 Å². The summed E-state index contributed by atoms with van der Waals surface area (Å²) in [5.41, 5.74) is 12.8. The van der Waals surface area contributed by atoms with Crippen molar-refractivity contribution in [3.8, 4) is 22.3 Å². The first-order valence-corrected chi connectivity index (χ1v) is 17.6. The molecule has 0 radical (unpaired) electrons. The smallest absolute Gasteiger partial charge is 0.0367 e.